The molecule has 2 rings (SSSR count). The van der Waals surface area contributed by atoms with E-state index >= 15 is 0 Å². The first kappa shape index (κ1) is 21.2. The van der Waals surface area contributed by atoms with Crippen molar-refractivity contribution < 1.29 is 13.2 Å². The van der Waals surface area contributed by atoms with Crippen LogP contribution in [0.25, 0.3) is 0 Å². The van der Waals surface area contributed by atoms with Gasteiger partial charge in [-0.25, -0.2) is 17.7 Å². The summed E-state index contributed by atoms with van der Waals surface area (Å²) in [5.74, 6) is 0.817. The smallest absolute Gasteiger partial charge is 0.242 e. The summed E-state index contributed by atoms with van der Waals surface area (Å²) in [6.45, 7) is 7.26. The molecule has 1 aromatic carbocycles. The van der Waals surface area contributed by atoms with Crippen LogP contribution in [0.4, 0.5) is 0 Å². The van der Waals surface area contributed by atoms with Gasteiger partial charge in [-0.15, -0.1) is 0 Å². The number of piperazine rings is 1. The molecular weight excluding hydrogens is 366 g/mol. The molecule has 0 radical (unpaired) electrons. The third-order valence-electron chi connectivity index (χ3n) is 4.49. The Balaban J connectivity index is 2.20. The minimum Gasteiger partial charge on any atom is -0.357 e. The Morgan fingerprint density at radius 3 is 2.30 bits per heavy atom. The number of sulfonamides is 1. The fourth-order valence-electron chi connectivity index (χ4n) is 2.90. The molecule has 1 aromatic rings. The topological polar surface area (TPSA) is 85.3 Å². The standard InChI is InChI=1S/C18H29N5O3S/c1-5-19-18(23-12-10-22(11-13-23)15(2)24)20-14-16-8-6-7-9-17(16)27(25,26)21(3)4/h6-9H,5,10-14H2,1-4H3,(H,19,20). The molecule has 0 atom stereocenters. The Morgan fingerprint density at radius 2 is 1.74 bits per heavy atom. The zero-order valence-electron chi connectivity index (χ0n) is 16.5. The molecule has 1 amide bonds. The molecule has 9 heteroatoms. The first-order valence-corrected chi connectivity index (χ1v) is 10.5. The summed E-state index contributed by atoms with van der Waals surface area (Å²) in [6, 6.07) is 6.93. The van der Waals surface area contributed by atoms with E-state index in [1.165, 1.54) is 18.4 Å². The third-order valence-corrected chi connectivity index (χ3v) is 6.41. The number of rotatable bonds is 5. The van der Waals surface area contributed by atoms with Crippen LogP contribution in [-0.4, -0.2) is 81.2 Å². The maximum Gasteiger partial charge on any atom is 0.242 e. The van der Waals surface area contributed by atoms with Crippen molar-refractivity contribution in [2.75, 3.05) is 46.8 Å². The van der Waals surface area contributed by atoms with Crippen molar-refractivity contribution in [2.24, 2.45) is 4.99 Å². The van der Waals surface area contributed by atoms with Crippen LogP contribution in [-0.2, 0) is 21.4 Å². The van der Waals surface area contributed by atoms with Gasteiger partial charge < -0.3 is 15.1 Å². The molecule has 0 saturated carbocycles. The largest absolute Gasteiger partial charge is 0.357 e. The molecule has 0 aromatic heterocycles. The number of nitrogens with zero attached hydrogens (tertiary/aromatic N) is 4. The quantitative estimate of drug-likeness (QED) is 0.582. The Labute approximate surface area is 161 Å². The zero-order chi connectivity index (χ0) is 20.0. The summed E-state index contributed by atoms with van der Waals surface area (Å²) in [7, 11) is -0.480. The van der Waals surface area contributed by atoms with Crippen LogP contribution in [0.1, 0.15) is 19.4 Å². The lowest BCUT2D eigenvalue weighted by Gasteiger charge is -2.36. The van der Waals surface area contributed by atoms with Crippen LogP contribution in [0, 0.1) is 0 Å². The second kappa shape index (κ2) is 9.18. The van der Waals surface area contributed by atoms with Gasteiger partial charge in [0.1, 0.15) is 0 Å². The van der Waals surface area contributed by atoms with Gasteiger partial charge >= 0.3 is 0 Å². The minimum atomic E-state index is -3.52. The van der Waals surface area contributed by atoms with Crippen molar-refractivity contribution in [1.82, 2.24) is 19.4 Å². The number of nitrogens with one attached hydrogen (secondary N) is 1. The normalized spacial score (nSPS) is 16.0. The number of aliphatic imine (C=N–C) groups is 1. The van der Waals surface area contributed by atoms with Gasteiger partial charge in [0.25, 0.3) is 0 Å². The van der Waals surface area contributed by atoms with Crippen molar-refractivity contribution in [3.8, 4) is 0 Å². The lowest BCUT2D eigenvalue weighted by atomic mass is 10.2. The van der Waals surface area contributed by atoms with E-state index in [9.17, 15) is 13.2 Å². The lowest BCUT2D eigenvalue weighted by molar-refractivity contribution is -0.130. The molecule has 0 spiro atoms. The average Bonchev–Trinajstić information content (AvgIpc) is 2.65. The van der Waals surface area contributed by atoms with E-state index in [0.717, 1.165) is 5.96 Å². The minimum absolute atomic E-state index is 0.0828. The summed E-state index contributed by atoms with van der Waals surface area (Å²) < 4.78 is 26.3. The maximum absolute atomic E-state index is 12.5. The van der Waals surface area contributed by atoms with Crippen LogP contribution >= 0.6 is 0 Å². The predicted molar refractivity (Wildman–Crippen MR) is 106 cm³/mol. The van der Waals surface area contributed by atoms with E-state index in [4.69, 9.17) is 0 Å². The number of hydrogen-bond acceptors (Lipinski definition) is 4. The summed E-state index contributed by atoms with van der Waals surface area (Å²) in [5.41, 5.74) is 0.656. The van der Waals surface area contributed by atoms with E-state index in [0.29, 0.717) is 38.3 Å². The first-order valence-electron chi connectivity index (χ1n) is 9.06. The van der Waals surface area contributed by atoms with Gasteiger partial charge in [0, 0.05) is 53.7 Å². The fourth-order valence-corrected chi connectivity index (χ4v) is 4.01. The van der Waals surface area contributed by atoms with Gasteiger partial charge in [-0.3, -0.25) is 4.79 Å². The molecule has 8 nitrogen and oxygen atoms in total. The molecule has 27 heavy (non-hydrogen) atoms. The van der Waals surface area contributed by atoms with E-state index in [2.05, 4.69) is 15.2 Å². The van der Waals surface area contributed by atoms with Gasteiger partial charge in [0.15, 0.2) is 5.96 Å². The van der Waals surface area contributed by atoms with E-state index in [1.54, 1.807) is 25.1 Å². The Kier molecular flexibility index (Phi) is 7.20. The van der Waals surface area contributed by atoms with Crippen molar-refractivity contribution in [3.05, 3.63) is 29.8 Å². The second-order valence-electron chi connectivity index (χ2n) is 6.56. The SMILES string of the molecule is CCNC(=NCc1ccccc1S(=O)(=O)N(C)C)N1CCN(C(C)=O)CC1. The van der Waals surface area contributed by atoms with Crippen molar-refractivity contribution in [2.45, 2.75) is 25.3 Å². The van der Waals surface area contributed by atoms with Crippen molar-refractivity contribution in [1.29, 1.82) is 0 Å². The molecule has 0 bridgehead atoms. The van der Waals surface area contributed by atoms with Crippen molar-refractivity contribution in [3.63, 3.8) is 0 Å². The number of carbonyl (C=O) groups is 1. The van der Waals surface area contributed by atoms with Crippen LogP contribution in [0.2, 0.25) is 0 Å². The molecule has 1 saturated heterocycles. The summed E-state index contributed by atoms with van der Waals surface area (Å²) in [6.07, 6.45) is 0. The molecule has 1 aliphatic heterocycles. The van der Waals surface area contributed by atoms with Crippen molar-refractivity contribution >= 4 is 21.9 Å². The molecule has 0 unspecified atom stereocenters. The van der Waals surface area contributed by atoms with Crippen LogP contribution < -0.4 is 5.32 Å². The lowest BCUT2D eigenvalue weighted by Crippen LogP contribution is -2.53. The molecule has 1 N–H and O–H groups in total. The molecule has 1 heterocycles. The number of carbonyl (C=O) groups excluding carboxylic acids is 1. The zero-order valence-corrected chi connectivity index (χ0v) is 17.3. The Bertz CT molecular complexity index is 784. The molecule has 1 aliphatic rings. The average molecular weight is 396 g/mol. The second-order valence-corrected chi connectivity index (χ2v) is 8.68. The monoisotopic (exact) mass is 395 g/mol. The highest BCUT2D eigenvalue weighted by Crippen LogP contribution is 2.19. The number of hydrogen-bond donors (Lipinski definition) is 1. The highest BCUT2D eigenvalue weighted by molar-refractivity contribution is 7.89. The predicted octanol–water partition coefficient (Wildman–Crippen LogP) is 0.567. The van der Waals surface area contributed by atoms with Gasteiger partial charge in [-0.1, -0.05) is 18.2 Å². The molecule has 150 valence electrons. The summed E-state index contributed by atoms with van der Waals surface area (Å²) in [5, 5.41) is 3.26. The number of amides is 1. The van der Waals surface area contributed by atoms with Gasteiger partial charge in [-0.05, 0) is 18.6 Å². The summed E-state index contributed by atoms with van der Waals surface area (Å²) in [4.78, 5) is 20.4. The Morgan fingerprint density at radius 1 is 1.15 bits per heavy atom. The maximum atomic E-state index is 12.5. The summed E-state index contributed by atoms with van der Waals surface area (Å²) >= 11 is 0. The third kappa shape index (κ3) is 5.20. The van der Waals surface area contributed by atoms with Gasteiger partial charge in [0.2, 0.25) is 15.9 Å². The van der Waals surface area contributed by atoms with Crippen LogP contribution in [0.3, 0.4) is 0 Å². The molecule has 0 aliphatic carbocycles. The highest BCUT2D eigenvalue weighted by Gasteiger charge is 2.22. The molecule has 1 fully saturated rings. The van der Waals surface area contributed by atoms with E-state index in [1.807, 2.05) is 17.9 Å². The molecular formula is C18H29N5O3S. The number of guanidine groups is 1. The first-order chi connectivity index (χ1) is 12.8. The van der Waals surface area contributed by atoms with Gasteiger partial charge in [0.05, 0.1) is 11.4 Å². The van der Waals surface area contributed by atoms with E-state index in [-0.39, 0.29) is 17.3 Å². The van der Waals surface area contributed by atoms with Crippen LogP contribution in [0.5, 0.6) is 0 Å². The van der Waals surface area contributed by atoms with Gasteiger partial charge in [-0.2, -0.15) is 0 Å². The van der Waals surface area contributed by atoms with Crippen LogP contribution in [0.15, 0.2) is 34.2 Å². The fraction of sp³-hybridized carbons (Fsp3) is 0.556. The Hall–Kier alpha value is -2.13. The highest BCUT2D eigenvalue weighted by atomic mass is 32.2. The number of benzene rings is 1. The van der Waals surface area contributed by atoms with E-state index < -0.39 is 10.0 Å².